The van der Waals surface area contributed by atoms with Crippen molar-refractivity contribution in [3.05, 3.63) is 71.0 Å². The number of methoxy groups -OCH3 is 1. The predicted molar refractivity (Wildman–Crippen MR) is 107 cm³/mol. The molecule has 0 saturated heterocycles. The van der Waals surface area contributed by atoms with Crippen LogP contribution in [0.25, 0.3) is 10.6 Å². The maximum absolute atomic E-state index is 13.7. The molecule has 0 radical (unpaired) electrons. The van der Waals surface area contributed by atoms with E-state index in [0.717, 1.165) is 11.3 Å². The fourth-order valence-electron chi connectivity index (χ4n) is 2.52. The molecular weight excluding hydrogens is 395 g/mol. The summed E-state index contributed by atoms with van der Waals surface area (Å²) in [6, 6.07) is 13.5. The lowest BCUT2D eigenvalue weighted by Gasteiger charge is -2.17. The van der Waals surface area contributed by atoms with Crippen LogP contribution in [0.4, 0.5) is 4.39 Å². The summed E-state index contributed by atoms with van der Waals surface area (Å²) in [5, 5.41) is 2.23. The van der Waals surface area contributed by atoms with Crippen molar-refractivity contribution in [3.8, 4) is 16.3 Å². The zero-order valence-corrected chi connectivity index (χ0v) is 16.7. The normalized spacial score (nSPS) is 10.4. The van der Waals surface area contributed by atoms with Crippen molar-refractivity contribution in [1.82, 2.24) is 9.88 Å². The van der Waals surface area contributed by atoms with Gasteiger partial charge in [-0.1, -0.05) is 18.2 Å². The Morgan fingerprint density at radius 3 is 2.55 bits per heavy atom. The number of hydrogen-bond donors (Lipinski definition) is 0. The molecule has 0 aliphatic heterocycles. The Hall–Kier alpha value is -3.26. The molecule has 1 aromatic heterocycles. The first-order valence-corrected chi connectivity index (χ1v) is 9.60. The van der Waals surface area contributed by atoms with Gasteiger partial charge in [0.05, 0.1) is 7.11 Å². The van der Waals surface area contributed by atoms with Crippen molar-refractivity contribution in [2.75, 3.05) is 20.8 Å². The summed E-state index contributed by atoms with van der Waals surface area (Å²) in [5.41, 5.74) is 1.36. The number of thiazole rings is 1. The van der Waals surface area contributed by atoms with Gasteiger partial charge < -0.3 is 14.4 Å². The van der Waals surface area contributed by atoms with Crippen molar-refractivity contribution in [3.63, 3.8) is 0 Å². The number of carbonyl (C=O) groups is 2. The first kappa shape index (κ1) is 20.5. The maximum atomic E-state index is 13.7. The minimum atomic E-state index is -0.686. The molecule has 0 spiro atoms. The van der Waals surface area contributed by atoms with Crippen LogP contribution in [0.3, 0.4) is 0 Å². The van der Waals surface area contributed by atoms with Crippen molar-refractivity contribution in [2.24, 2.45) is 0 Å². The minimum absolute atomic E-state index is 0.0847. The number of carbonyl (C=O) groups excluding carboxylic acids is 2. The Balaban J connectivity index is 1.55. The summed E-state index contributed by atoms with van der Waals surface area (Å²) < 4.78 is 23.9. The molecule has 2 aromatic carbocycles. The lowest BCUT2D eigenvalue weighted by atomic mass is 10.2. The van der Waals surface area contributed by atoms with Crippen LogP contribution in [-0.2, 0) is 16.1 Å². The highest BCUT2D eigenvalue weighted by molar-refractivity contribution is 7.13. The van der Waals surface area contributed by atoms with Crippen LogP contribution >= 0.6 is 11.3 Å². The molecule has 0 saturated carbocycles. The van der Waals surface area contributed by atoms with E-state index in [1.165, 1.54) is 29.4 Å². The maximum Gasteiger partial charge on any atom is 0.358 e. The van der Waals surface area contributed by atoms with Gasteiger partial charge in [0.15, 0.2) is 12.3 Å². The van der Waals surface area contributed by atoms with Gasteiger partial charge in [-0.15, -0.1) is 11.3 Å². The quantitative estimate of drug-likeness (QED) is 0.551. The van der Waals surface area contributed by atoms with Crippen molar-refractivity contribution < 1.29 is 23.5 Å². The van der Waals surface area contributed by atoms with Crippen LogP contribution in [0, 0.1) is 5.82 Å². The first-order valence-electron chi connectivity index (χ1n) is 8.72. The first-order chi connectivity index (χ1) is 14.0. The molecule has 3 rings (SSSR count). The van der Waals surface area contributed by atoms with Gasteiger partial charge in [-0.3, -0.25) is 4.79 Å². The highest BCUT2D eigenvalue weighted by atomic mass is 32.1. The molecule has 0 fully saturated rings. The van der Waals surface area contributed by atoms with Gasteiger partial charge in [0, 0.05) is 30.1 Å². The number of nitrogens with zero attached hydrogens (tertiary/aromatic N) is 2. The van der Waals surface area contributed by atoms with Crippen LogP contribution in [0.2, 0.25) is 0 Å². The summed E-state index contributed by atoms with van der Waals surface area (Å²) >= 11 is 1.30. The van der Waals surface area contributed by atoms with E-state index in [1.807, 2.05) is 12.1 Å². The van der Waals surface area contributed by atoms with Gasteiger partial charge in [-0.2, -0.15) is 0 Å². The molecular formula is C21H19FN2O4S. The number of halogens is 1. The molecule has 0 aliphatic carbocycles. The number of hydrogen-bond acceptors (Lipinski definition) is 6. The lowest BCUT2D eigenvalue weighted by Crippen LogP contribution is -2.31. The van der Waals surface area contributed by atoms with Crippen LogP contribution < -0.4 is 4.74 Å². The topological polar surface area (TPSA) is 68.7 Å². The molecule has 29 heavy (non-hydrogen) atoms. The smallest absolute Gasteiger partial charge is 0.358 e. The molecule has 0 unspecified atom stereocenters. The monoisotopic (exact) mass is 414 g/mol. The number of amides is 1. The molecule has 1 amide bonds. The Labute approximate surface area is 171 Å². The van der Waals surface area contributed by atoms with E-state index in [0.29, 0.717) is 10.6 Å². The summed E-state index contributed by atoms with van der Waals surface area (Å²) in [7, 11) is 3.11. The van der Waals surface area contributed by atoms with E-state index in [2.05, 4.69) is 4.98 Å². The van der Waals surface area contributed by atoms with Gasteiger partial charge in [0.25, 0.3) is 5.91 Å². The second-order valence-corrected chi connectivity index (χ2v) is 7.04. The second-order valence-electron chi connectivity index (χ2n) is 6.18. The summed E-state index contributed by atoms with van der Waals surface area (Å²) in [6.07, 6.45) is 0. The zero-order chi connectivity index (χ0) is 20.8. The number of ether oxygens (including phenoxy) is 2. The average Bonchev–Trinajstić information content (AvgIpc) is 3.23. The summed E-state index contributed by atoms with van der Waals surface area (Å²) in [5.74, 6) is -0.790. The van der Waals surface area contributed by atoms with Crippen LogP contribution in [0.5, 0.6) is 5.75 Å². The van der Waals surface area contributed by atoms with E-state index in [9.17, 15) is 14.0 Å². The second kappa shape index (κ2) is 9.29. The van der Waals surface area contributed by atoms with Crippen molar-refractivity contribution in [2.45, 2.75) is 6.54 Å². The molecule has 8 heteroatoms. The van der Waals surface area contributed by atoms with Crippen molar-refractivity contribution >= 4 is 23.2 Å². The molecule has 1 heterocycles. The van der Waals surface area contributed by atoms with Crippen LogP contribution in [0.1, 0.15) is 16.1 Å². The highest BCUT2D eigenvalue weighted by Crippen LogP contribution is 2.26. The highest BCUT2D eigenvalue weighted by Gasteiger charge is 2.17. The van der Waals surface area contributed by atoms with Gasteiger partial charge in [0.2, 0.25) is 0 Å². The van der Waals surface area contributed by atoms with Gasteiger partial charge >= 0.3 is 5.97 Å². The SMILES string of the molecule is COc1ccc(-c2nc(C(=O)OCC(=O)N(C)Cc3ccccc3F)cs2)cc1. The number of rotatable bonds is 7. The minimum Gasteiger partial charge on any atom is -0.497 e. The number of aromatic nitrogens is 1. The summed E-state index contributed by atoms with van der Waals surface area (Å²) in [6.45, 7) is -0.361. The third-order valence-corrected chi connectivity index (χ3v) is 5.06. The van der Waals surface area contributed by atoms with Gasteiger partial charge in [0.1, 0.15) is 16.6 Å². The summed E-state index contributed by atoms with van der Waals surface area (Å²) in [4.78, 5) is 29.9. The van der Waals surface area contributed by atoms with Gasteiger partial charge in [-0.05, 0) is 30.3 Å². The standard InChI is InChI=1S/C21H19FN2O4S/c1-24(11-15-5-3-4-6-17(15)22)19(25)12-28-21(26)18-13-29-20(23-18)14-7-9-16(27-2)10-8-14/h3-10,13H,11-12H2,1-2H3. The Bertz CT molecular complexity index is 1000. The number of likely N-dealkylation sites (N-methyl/N-ethyl adjacent to an activating group) is 1. The van der Waals surface area contributed by atoms with E-state index in [4.69, 9.17) is 9.47 Å². The molecule has 0 bridgehead atoms. The Morgan fingerprint density at radius 2 is 1.86 bits per heavy atom. The van der Waals surface area contributed by atoms with Crippen molar-refractivity contribution in [1.29, 1.82) is 0 Å². The third kappa shape index (κ3) is 5.17. The fourth-order valence-corrected chi connectivity index (χ4v) is 3.31. The molecule has 0 aliphatic rings. The molecule has 0 N–H and O–H groups in total. The fraction of sp³-hybridized carbons (Fsp3) is 0.190. The van der Waals surface area contributed by atoms with E-state index >= 15 is 0 Å². The average molecular weight is 414 g/mol. The predicted octanol–water partition coefficient (Wildman–Crippen LogP) is 3.77. The Morgan fingerprint density at radius 1 is 1.14 bits per heavy atom. The van der Waals surface area contributed by atoms with E-state index in [-0.39, 0.29) is 12.2 Å². The number of benzene rings is 2. The third-order valence-electron chi connectivity index (χ3n) is 4.17. The van der Waals surface area contributed by atoms with Crippen LogP contribution in [-0.4, -0.2) is 42.5 Å². The molecule has 6 nitrogen and oxygen atoms in total. The molecule has 0 atom stereocenters. The Kier molecular flexibility index (Phi) is 6.56. The molecule has 3 aromatic rings. The largest absolute Gasteiger partial charge is 0.497 e. The zero-order valence-electron chi connectivity index (χ0n) is 15.9. The van der Waals surface area contributed by atoms with E-state index < -0.39 is 24.3 Å². The van der Waals surface area contributed by atoms with Crippen LogP contribution in [0.15, 0.2) is 53.9 Å². The molecule has 150 valence electrons. The number of esters is 1. The lowest BCUT2D eigenvalue weighted by molar-refractivity contribution is -0.133. The van der Waals surface area contributed by atoms with Gasteiger partial charge in [-0.25, -0.2) is 14.2 Å². The van der Waals surface area contributed by atoms with E-state index in [1.54, 1.807) is 42.8 Å².